The SMILES string of the molecule is CCC(c1ccc(OC(C)C)cc1)N1C[C@H](CC)N(c2nc(=O)n(C)c3ccc(C#N)nc23)C[C@H]1CC. The van der Waals surface area contributed by atoms with E-state index >= 15 is 0 Å². The van der Waals surface area contributed by atoms with Crippen molar-refractivity contribution < 1.29 is 4.74 Å². The summed E-state index contributed by atoms with van der Waals surface area (Å²) >= 11 is 0. The van der Waals surface area contributed by atoms with Crippen LogP contribution in [-0.4, -0.2) is 50.7 Å². The molecular formula is C29H38N6O2. The van der Waals surface area contributed by atoms with Gasteiger partial charge in [-0.3, -0.25) is 9.47 Å². The molecule has 4 rings (SSSR count). The van der Waals surface area contributed by atoms with E-state index in [1.165, 1.54) is 10.1 Å². The molecule has 3 aromatic rings. The van der Waals surface area contributed by atoms with Crippen molar-refractivity contribution >= 4 is 16.9 Å². The number of piperazine rings is 1. The second-order valence-corrected chi connectivity index (χ2v) is 10.1. The molecular weight excluding hydrogens is 464 g/mol. The maximum Gasteiger partial charge on any atom is 0.349 e. The Labute approximate surface area is 219 Å². The Morgan fingerprint density at radius 1 is 1.03 bits per heavy atom. The molecule has 0 aliphatic carbocycles. The fraction of sp³-hybridized carbons (Fsp3) is 0.517. The highest BCUT2D eigenvalue weighted by Crippen LogP contribution is 2.35. The average molecular weight is 503 g/mol. The van der Waals surface area contributed by atoms with Gasteiger partial charge in [-0.2, -0.15) is 10.2 Å². The number of anilines is 1. The predicted octanol–water partition coefficient (Wildman–Crippen LogP) is 4.82. The summed E-state index contributed by atoms with van der Waals surface area (Å²) in [5, 5.41) is 9.46. The van der Waals surface area contributed by atoms with Crippen molar-refractivity contribution in [1.29, 1.82) is 5.26 Å². The van der Waals surface area contributed by atoms with Gasteiger partial charge in [-0.05, 0) is 62.9 Å². The zero-order valence-corrected chi connectivity index (χ0v) is 22.8. The Morgan fingerprint density at radius 2 is 1.73 bits per heavy atom. The van der Waals surface area contributed by atoms with Crippen molar-refractivity contribution in [2.24, 2.45) is 7.05 Å². The van der Waals surface area contributed by atoms with Crippen LogP contribution in [0.15, 0.2) is 41.2 Å². The lowest BCUT2D eigenvalue weighted by atomic mass is 9.95. The van der Waals surface area contributed by atoms with Crippen molar-refractivity contribution in [3.8, 4) is 11.8 Å². The third-order valence-electron chi connectivity index (χ3n) is 7.43. The van der Waals surface area contributed by atoms with Gasteiger partial charge in [-0.1, -0.05) is 32.9 Å². The van der Waals surface area contributed by atoms with Crippen molar-refractivity contribution in [2.75, 3.05) is 18.0 Å². The summed E-state index contributed by atoms with van der Waals surface area (Å²) in [4.78, 5) is 26.8. The molecule has 1 saturated heterocycles. The Hall–Kier alpha value is -3.44. The number of aromatic nitrogens is 3. The number of aryl methyl sites for hydroxylation is 1. The van der Waals surface area contributed by atoms with Crippen LogP contribution in [0.3, 0.4) is 0 Å². The number of rotatable bonds is 8. The number of benzene rings is 1. The standard InChI is InChI=1S/C29H38N6O2/c1-7-22-18-35(28-27-26(33(6)29(36)32-28)15-12-21(16-30)31-27)23(8-2)17-34(22)25(9-3)20-10-13-24(14-11-20)37-19(4)5/h10-15,19,22-23,25H,7-9,17-18H2,1-6H3/t22-,23+,25?/m1/s1. The first kappa shape index (κ1) is 26.6. The van der Waals surface area contributed by atoms with Gasteiger partial charge < -0.3 is 9.64 Å². The molecule has 0 radical (unpaired) electrons. The molecule has 8 nitrogen and oxygen atoms in total. The molecule has 37 heavy (non-hydrogen) atoms. The first-order chi connectivity index (χ1) is 17.8. The monoisotopic (exact) mass is 502 g/mol. The molecule has 1 aromatic carbocycles. The molecule has 0 bridgehead atoms. The molecule has 196 valence electrons. The zero-order valence-electron chi connectivity index (χ0n) is 22.8. The second-order valence-electron chi connectivity index (χ2n) is 10.1. The van der Waals surface area contributed by atoms with Crippen LogP contribution in [0.2, 0.25) is 0 Å². The lowest BCUT2D eigenvalue weighted by molar-refractivity contribution is 0.0895. The highest BCUT2D eigenvalue weighted by molar-refractivity contribution is 5.86. The Bertz CT molecular complexity index is 1330. The summed E-state index contributed by atoms with van der Waals surface area (Å²) in [6.07, 6.45) is 3.02. The van der Waals surface area contributed by atoms with E-state index in [0.717, 1.165) is 38.1 Å². The Kier molecular flexibility index (Phi) is 8.13. The van der Waals surface area contributed by atoms with Crippen molar-refractivity contribution in [1.82, 2.24) is 19.4 Å². The van der Waals surface area contributed by atoms with Crippen LogP contribution in [0.25, 0.3) is 11.0 Å². The minimum Gasteiger partial charge on any atom is -0.491 e. The number of fused-ring (bicyclic) bond motifs is 1. The van der Waals surface area contributed by atoms with Crippen molar-refractivity contribution in [2.45, 2.75) is 78.1 Å². The van der Waals surface area contributed by atoms with Crippen molar-refractivity contribution in [3.05, 3.63) is 58.1 Å². The van der Waals surface area contributed by atoms with Crippen LogP contribution < -0.4 is 15.3 Å². The lowest BCUT2D eigenvalue weighted by Crippen LogP contribution is -2.59. The van der Waals surface area contributed by atoms with E-state index in [9.17, 15) is 10.1 Å². The number of ether oxygens (including phenoxy) is 1. The number of pyridine rings is 1. The molecule has 0 amide bonds. The number of nitrogens with zero attached hydrogens (tertiary/aromatic N) is 6. The lowest BCUT2D eigenvalue weighted by Gasteiger charge is -2.49. The molecule has 0 N–H and O–H groups in total. The summed E-state index contributed by atoms with van der Waals surface area (Å²) in [6.45, 7) is 12.3. The molecule has 1 fully saturated rings. The highest BCUT2D eigenvalue weighted by Gasteiger charge is 2.37. The maximum absolute atomic E-state index is 12.8. The third-order valence-corrected chi connectivity index (χ3v) is 7.43. The molecule has 0 spiro atoms. The van der Waals surface area contributed by atoms with Crippen LogP contribution in [0.4, 0.5) is 5.82 Å². The molecule has 1 unspecified atom stereocenters. The smallest absolute Gasteiger partial charge is 0.349 e. The van der Waals surface area contributed by atoms with Gasteiger partial charge in [0.05, 0.1) is 11.6 Å². The summed E-state index contributed by atoms with van der Waals surface area (Å²) < 4.78 is 7.36. The minimum atomic E-state index is -0.311. The number of hydrogen-bond acceptors (Lipinski definition) is 7. The molecule has 2 aromatic heterocycles. The molecule has 1 aliphatic rings. The fourth-order valence-corrected chi connectivity index (χ4v) is 5.50. The summed E-state index contributed by atoms with van der Waals surface area (Å²) in [5.41, 5.74) is 2.60. The predicted molar refractivity (Wildman–Crippen MR) is 147 cm³/mol. The van der Waals surface area contributed by atoms with Gasteiger partial charge in [-0.15, -0.1) is 0 Å². The van der Waals surface area contributed by atoms with E-state index in [0.29, 0.717) is 22.5 Å². The summed E-state index contributed by atoms with van der Waals surface area (Å²) in [7, 11) is 1.70. The van der Waals surface area contributed by atoms with E-state index in [2.05, 4.69) is 70.9 Å². The average Bonchev–Trinajstić information content (AvgIpc) is 2.91. The first-order valence-electron chi connectivity index (χ1n) is 13.4. The van der Waals surface area contributed by atoms with Gasteiger partial charge in [0.15, 0.2) is 5.82 Å². The van der Waals surface area contributed by atoms with E-state index in [1.807, 2.05) is 13.8 Å². The minimum absolute atomic E-state index is 0.147. The fourth-order valence-electron chi connectivity index (χ4n) is 5.50. The van der Waals surface area contributed by atoms with Crippen LogP contribution >= 0.6 is 0 Å². The van der Waals surface area contributed by atoms with Crippen LogP contribution in [0, 0.1) is 11.3 Å². The largest absolute Gasteiger partial charge is 0.491 e. The van der Waals surface area contributed by atoms with Crippen molar-refractivity contribution in [3.63, 3.8) is 0 Å². The summed E-state index contributed by atoms with van der Waals surface area (Å²) in [6, 6.07) is 14.8. The first-order valence-corrected chi connectivity index (χ1v) is 13.4. The van der Waals surface area contributed by atoms with Gasteiger partial charge >= 0.3 is 5.69 Å². The van der Waals surface area contributed by atoms with Gasteiger partial charge in [-0.25, -0.2) is 9.78 Å². The van der Waals surface area contributed by atoms with Gasteiger partial charge in [0.1, 0.15) is 23.0 Å². The molecule has 3 atom stereocenters. The normalized spacial score (nSPS) is 19.2. The molecule has 3 heterocycles. The quantitative estimate of drug-likeness (QED) is 0.436. The highest BCUT2D eigenvalue weighted by atomic mass is 16.5. The zero-order chi connectivity index (χ0) is 26.7. The second kappa shape index (κ2) is 11.3. The van der Waals surface area contributed by atoms with E-state index in [4.69, 9.17) is 4.74 Å². The molecule has 1 aliphatic heterocycles. The Balaban J connectivity index is 1.70. The molecule has 8 heteroatoms. The van der Waals surface area contributed by atoms with E-state index < -0.39 is 0 Å². The van der Waals surface area contributed by atoms with Crippen LogP contribution in [0.1, 0.15) is 71.2 Å². The maximum atomic E-state index is 12.8. The molecule has 0 saturated carbocycles. The summed E-state index contributed by atoms with van der Waals surface area (Å²) in [5.74, 6) is 1.48. The third kappa shape index (κ3) is 5.33. The van der Waals surface area contributed by atoms with Gasteiger partial charge in [0, 0.05) is 38.3 Å². The van der Waals surface area contributed by atoms with Crippen LogP contribution in [-0.2, 0) is 7.05 Å². The van der Waals surface area contributed by atoms with Gasteiger partial charge in [0.25, 0.3) is 0 Å². The van der Waals surface area contributed by atoms with Gasteiger partial charge in [0.2, 0.25) is 0 Å². The van der Waals surface area contributed by atoms with Crippen LogP contribution in [0.5, 0.6) is 5.75 Å². The van der Waals surface area contributed by atoms with E-state index in [-0.39, 0.29) is 29.9 Å². The number of hydrogen-bond donors (Lipinski definition) is 0. The van der Waals surface area contributed by atoms with E-state index in [1.54, 1.807) is 19.2 Å². The topological polar surface area (TPSA) is 87.3 Å². The Morgan fingerprint density at radius 3 is 2.32 bits per heavy atom. The number of nitriles is 1.